The van der Waals surface area contributed by atoms with Crippen molar-refractivity contribution >= 4 is 17.3 Å². The first-order valence-electron chi connectivity index (χ1n) is 3.62. The average molecular weight is 196 g/mol. The maximum absolute atomic E-state index is 10.3. The van der Waals surface area contributed by atoms with Gasteiger partial charge in [-0.15, -0.1) is 0 Å². The Bertz CT molecular complexity index is 360. The zero-order valence-electron chi connectivity index (χ0n) is 7.04. The lowest BCUT2D eigenvalue weighted by atomic mass is 10.3. The van der Waals surface area contributed by atoms with Crippen LogP contribution in [0.3, 0.4) is 0 Å². The molecule has 0 aliphatic rings. The number of non-ortho nitro benzene ring substituents is 1. The number of nitrogens with one attached hydrogen (secondary N) is 1. The van der Waals surface area contributed by atoms with Gasteiger partial charge in [-0.2, -0.15) is 0 Å². The molecule has 0 unspecified atom stereocenters. The monoisotopic (exact) mass is 196 g/mol. The molecule has 7 heteroatoms. The van der Waals surface area contributed by atoms with Crippen LogP contribution in [0.5, 0.6) is 0 Å². The van der Waals surface area contributed by atoms with E-state index in [1.54, 1.807) is 5.48 Å². The van der Waals surface area contributed by atoms with Crippen molar-refractivity contribution in [3.63, 3.8) is 0 Å². The molecule has 1 rings (SSSR count). The number of hydroxylamine groups is 1. The summed E-state index contributed by atoms with van der Waals surface area (Å²) in [6.07, 6.45) is 0. The molecule has 4 N–H and O–H groups in total. The third-order valence-electron chi connectivity index (χ3n) is 1.42. The number of nitro benzene ring substituents is 1. The van der Waals surface area contributed by atoms with Crippen LogP contribution in [0.4, 0.5) is 11.4 Å². The Kier molecular flexibility index (Phi) is 2.97. The van der Waals surface area contributed by atoms with Crippen molar-refractivity contribution in [3.05, 3.63) is 34.4 Å². The van der Waals surface area contributed by atoms with E-state index in [-0.39, 0.29) is 11.6 Å². The summed E-state index contributed by atoms with van der Waals surface area (Å²) in [5.41, 5.74) is 7.19. The molecule has 0 saturated carbocycles. The summed E-state index contributed by atoms with van der Waals surface area (Å²) in [6, 6.07) is 5.43. The van der Waals surface area contributed by atoms with E-state index >= 15 is 0 Å². The van der Waals surface area contributed by atoms with Crippen LogP contribution in [0.1, 0.15) is 0 Å². The number of guanidine groups is 1. The second-order valence-electron chi connectivity index (χ2n) is 2.38. The zero-order chi connectivity index (χ0) is 10.6. The van der Waals surface area contributed by atoms with Crippen molar-refractivity contribution in [2.45, 2.75) is 0 Å². The van der Waals surface area contributed by atoms with Crippen LogP contribution >= 0.6 is 0 Å². The minimum Gasteiger partial charge on any atom is -0.368 e. The van der Waals surface area contributed by atoms with Crippen molar-refractivity contribution < 1.29 is 10.1 Å². The molecule has 0 radical (unpaired) electrons. The van der Waals surface area contributed by atoms with Crippen molar-refractivity contribution in [2.75, 3.05) is 0 Å². The molecule has 0 spiro atoms. The normalized spacial score (nSPS) is 11.1. The molecule has 0 bridgehead atoms. The van der Waals surface area contributed by atoms with Crippen molar-refractivity contribution in [3.8, 4) is 0 Å². The van der Waals surface area contributed by atoms with Crippen molar-refractivity contribution in [1.82, 2.24) is 5.48 Å². The van der Waals surface area contributed by atoms with E-state index in [1.807, 2.05) is 0 Å². The Morgan fingerprint density at radius 1 is 1.50 bits per heavy atom. The molecule has 74 valence electrons. The summed E-state index contributed by atoms with van der Waals surface area (Å²) < 4.78 is 0. The second kappa shape index (κ2) is 4.19. The fourth-order valence-electron chi connectivity index (χ4n) is 0.813. The molecule has 0 heterocycles. The minimum atomic E-state index is -0.513. The lowest BCUT2D eigenvalue weighted by molar-refractivity contribution is -0.384. The third-order valence-corrected chi connectivity index (χ3v) is 1.42. The van der Waals surface area contributed by atoms with Gasteiger partial charge in [-0.3, -0.25) is 15.3 Å². The first-order valence-corrected chi connectivity index (χ1v) is 3.62. The molecule has 0 saturated heterocycles. The number of aliphatic imine (C=N–C) groups is 1. The first-order chi connectivity index (χ1) is 6.63. The van der Waals surface area contributed by atoms with Crippen LogP contribution in [-0.2, 0) is 0 Å². The molecule has 14 heavy (non-hydrogen) atoms. The molecule has 0 aliphatic heterocycles. The van der Waals surface area contributed by atoms with Gasteiger partial charge in [0, 0.05) is 12.1 Å². The van der Waals surface area contributed by atoms with Crippen molar-refractivity contribution in [2.24, 2.45) is 10.7 Å². The molecule has 0 aromatic heterocycles. The van der Waals surface area contributed by atoms with E-state index in [2.05, 4.69) is 4.99 Å². The maximum atomic E-state index is 10.3. The van der Waals surface area contributed by atoms with Gasteiger partial charge in [-0.1, -0.05) is 0 Å². The van der Waals surface area contributed by atoms with E-state index in [9.17, 15) is 10.1 Å². The Hall–Kier alpha value is -2.15. The quantitative estimate of drug-likeness (QED) is 0.276. The number of nitrogens with two attached hydrogens (primary N) is 1. The van der Waals surface area contributed by atoms with Crippen LogP contribution in [0.25, 0.3) is 0 Å². The predicted molar refractivity (Wildman–Crippen MR) is 49.3 cm³/mol. The van der Waals surface area contributed by atoms with Gasteiger partial charge < -0.3 is 5.73 Å². The fraction of sp³-hybridized carbons (Fsp3) is 0. The van der Waals surface area contributed by atoms with Gasteiger partial charge in [-0.05, 0) is 12.1 Å². The Labute approximate surface area is 79.0 Å². The summed E-state index contributed by atoms with van der Waals surface area (Å²) in [5, 5.41) is 18.6. The van der Waals surface area contributed by atoms with Crippen LogP contribution in [0.2, 0.25) is 0 Å². The highest BCUT2D eigenvalue weighted by Gasteiger charge is 2.02. The maximum Gasteiger partial charge on any atom is 0.269 e. The summed E-state index contributed by atoms with van der Waals surface area (Å²) in [4.78, 5) is 13.5. The van der Waals surface area contributed by atoms with Crippen LogP contribution < -0.4 is 11.2 Å². The molecule has 1 aromatic carbocycles. The van der Waals surface area contributed by atoms with Gasteiger partial charge in [-0.25, -0.2) is 10.5 Å². The van der Waals surface area contributed by atoms with Crippen LogP contribution in [-0.4, -0.2) is 16.1 Å². The SMILES string of the molecule is NC(=Nc1ccc([N+](=O)[O-])cc1)NO. The Morgan fingerprint density at radius 2 is 2.07 bits per heavy atom. The molecule has 7 nitrogen and oxygen atoms in total. The average Bonchev–Trinajstić information content (AvgIpc) is 2.18. The van der Waals surface area contributed by atoms with E-state index in [1.165, 1.54) is 24.3 Å². The number of hydrogen-bond acceptors (Lipinski definition) is 4. The summed E-state index contributed by atoms with van der Waals surface area (Å²) in [6.45, 7) is 0. The third kappa shape index (κ3) is 2.42. The number of hydrogen-bond donors (Lipinski definition) is 3. The van der Waals surface area contributed by atoms with Crippen LogP contribution in [0, 0.1) is 10.1 Å². The lowest BCUT2D eigenvalue weighted by Gasteiger charge is -1.97. The summed E-state index contributed by atoms with van der Waals surface area (Å²) in [7, 11) is 0. The van der Waals surface area contributed by atoms with Gasteiger partial charge in [0.25, 0.3) is 5.69 Å². The van der Waals surface area contributed by atoms with Crippen molar-refractivity contribution in [1.29, 1.82) is 0 Å². The minimum absolute atomic E-state index is 0.0283. The standard InChI is InChI=1S/C7H8N4O3/c8-7(10-12)9-5-1-3-6(4-2-5)11(13)14/h1-4,12H,(H3,8,9,10). The van der Waals surface area contributed by atoms with E-state index in [4.69, 9.17) is 10.9 Å². The number of rotatable bonds is 2. The molecule has 0 atom stereocenters. The lowest BCUT2D eigenvalue weighted by Crippen LogP contribution is -2.27. The molecule has 0 fully saturated rings. The molecule has 1 aromatic rings. The van der Waals surface area contributed by atoms with Crippen LogP contribution in [0.15, 0.2) is 29.3 Å². The van der Waals surface area contributed by atoms with Gasteiger partial charge in [0.2, 0.25) is 5.96 Å². The second-order valence-corrected chi connectivity index (χ2v) is 2.38. The number of nitro groups is 1. The van der Waals surface area contributed by atoms with Gasteiger partial charge in [0.15, 0.2) is 0 Å². The zero-order valence-corrected chi connectivity index (χ0v) is 7.04. The smallest absolute Gasteiger partial charge is 0.269 e. The Morgan fingerprint density at radius 3 is 2.50 bits per heavy atom. The van der Waals surface area contributed by atoms with Gasteiger partial charge in [0.05, 0.1) is 10.6 Å². The van der Waals surface area contributed by atoms with Gasteiger partial charge >= 0.3 is 0 Å². The van der Waals surface area contributed by atoms with E-state index < -0.39 is 4.92 Å². The fourth-order valence-corrected chi connectivity index (χ4v) is 0.813. The molecule has 0 amide bonds. The van der Waals surface area contributed by atoms with Gasteiger partial charge in [0.1, 0.15) is 0 Å². The highest BCUT2D eigenvalue weighted by molar-refractivity contribution is 5.79. The summed E-state index contributed by atoms with van der Waals surface area (Å²) in [5.74, 6) is -0.182. The number of nitrogens with zero attached hydrogens (tertiary/aromatic N) is 2. The van der Waals surface area contributed by atoms with E-state index in [0.29, 0.717) is 5.69 Å². The highest BCUT2D eigenvalue weighted by Crippen LogP contribution is 2.17. The topological polar surface area (TPSA) is 114 Å². The highest BCUT2D eigenvalue weighted by atomic mass is 16.6. The molecular formula is C7H8N4O3. The van der Waals surface area contributed by atoms with E-state index in [0.717, 1.165) is 0 Å². The largest absolute Gasteiger partial charge is 0.368 e. The molecular weight excluding hydrogens is 188 g/mol. The predicted octanol–water partition coefficient (Wildman–Crippen LogP) is 0.520. The number of benzene rings is 1. The Balaban J connectivity index is 2.89. The molecule has 0 aliphatic carbocycles. The summed E-state index contributed by atoms with van der Waals surface area (Å²) >= 11 is 0. The first kappa shape index (κ1) is 9.93.